The summed E-state index contributed by atoms with van der Waals surface area (Å²) in [6.07, 6.45) is -7.19. The van der Waals surface area contributed by atoms with Crippen molar-refractivity contribution in [2.45, 2.75) is 199 Å². The lowest BCUT2D eigenvalue weighted by Crippen LogP contribution is -2.46. The molecule has 48 nitrogen and oxygen atoms in total. The largest absolute Gasteiger partial charge is 0.790 e. The molecule has 666 valence electrons. The number of Topliss-reactive ketones (excluding diaryl/α,β-unsaturated/α-hetero) is 2. The third kappa shape index (κ3) is 28.9. The van der Waals surface area contributed by atoms with Gasteiger partial charge in [-0.2, -0.15) is 0 Å². The molecular formula is C65H94N14O34P6-8. The topological polar surface area (TPSA) is 750 Å². The molecule has 119 heavy (non-hydrogen) atoms. The summed E-state index contributed by atoms with van der Waals surface area (Å²) in [5.41, 5.74) is 9.13. The smallest absolute Gasteiger partial charge is 0.274 e. The van der Waals surface area contributed by atoms with Crippen molar-refractivity contribution in [3.05, 3.63) is 60.7 Å². The quantitative estimate of drug-likeness (QED) is 0.0137. The number of aryl methyl sites for hydroxylation is 2. The Hall–Kier alpha value is -6.36. The van der Waals surface area contributed by atoms with Gasteiger partial charge in [-0.25, -0.2) is 38.5 Å². The number of phosphoric acid groups is 6. The minimum atomic E-state index is -5.99. The Morgan fingerprint density at radius 2 is 0.924 bits per heavy atom. The maximum absolute atomic E-state index is 13.3. The first-order valence-electron chi connectivity index (χ1n) is 37.1. The molecule has 6 heterocycles. The van der Waals surface area contributed by atoms with E-state index in [9.17, 15) is 116 Å². The van der Waals surface area contributed by atoms with Gasteiger partial charge in [0.05, 0.1) is 54.7 Å². The molecule has 3 fully saturated rings. The number of aliphatic hydroxyl groups is 4. The van der Waals surface area contributed by atoms with Gasteiger partial charge in [0.2, 0.25) is 23.6 Å². The van der Waals surface area contributed by atoms with E-state index in [2.05, 4.69) is 111 Å². The highest BCUT2D eigenvalue weighted by Gasteiger charge is 2.51. The molecule has 2 saturated heterocycles. The summed E-state index contributed by atoms with van der Waals surface area (Å²) in [4.78, 5) is 198. The molecule has 2 aliphatic heterocycles. The molecule has 0 radical (unpaired) electrons. The van der Waals surface area contributed by atoms with Gasteiger partial charge in [-0.3, -0.25) is 56.2 Å². The molecule has 5 aromatic rings. The lowest BCUT2D eigenvalue weighted by atomic mass is 9.81. The number of nitrogens with zero attached hydrogens (tertiary/aromatic N) is 8. The Balaban J connectivity index is 0.626. The molecule has 1 aromatic carbocycles. The van der Waals surface area contributed by atoms with Gasteiger partial charge in [0.15, 0.2) is 35.4 Å². The SMILES string of the molecule is CC(C)(CCCCCc1ccc(CCCCC2(C(=O)CCNC(=O)CCNC(=O)C(O)C(C)(C)COP(=O)([O-])OP(=O)([O-])OCC3OC(n4cnc5c(N)ncnc54)C(O)C3OP(=O)([O-])[O-])CC2)cc1)C(=O)CCNC(=O)CCNC(=O)C(O)C(C)(C)COP(=O)([O-])OP(=O)([O-])OCC1OC(n2cnc3c(N)ncnc32)C(O)C1OP(=O)([O-])[O-]. The summed E-state index contributed by atoms with van der Waals surface area (Å²) < 4.78 is 123. The molecular weight excluding hydrogens is 1710 g/mol. The fourth-order valence-electron chi connectivity index (χ4n) is 12.8. The zero-order valence-electron chi connectivity index (χ0n) is 65.1. The van der Waals surface area contributed by atoms with Gasteiger partial charge >= 0.3 is 0 Å². The van der Waals surface area contributed by atoms with Crippen LogP contribution >= 0.6 is 46.9 Å². The fraction of sp³-hybridized carbons (Fsp3) is 0.662. The molecule has 3 aliphatic rings. The van der Waals surface area contributed by atoms with Crippen LogP contribution in [0.3, 0.4) is 0 Å². The Morgan fingerprint density at radius 1 is 0.538 bits per heavy atom. The van der Waals surface area contributed by atoms with Crippen molar-refractivity contribution < 1.29 is 161 Å². The maximum Gasteiger partial charge on any atom is 0.274 e. The number of nitrogen functional groups attached to an aromatic ring is 2. The summed E-state index contributed by atoms with van der Waals surface area (Å²) in [5, 5.41) is 53.3. The van der Waals surface area contributed by atoms with Crippen molar-refractivity contribution in [2.24, 2.45) is 21.7 Å². The molecule has 14 atom stereocenters. The number of nitrogens with one attached hydrogen (secondary N) is 4. The van der Waals surface area contributed by atoms with Gasteiger partial charge in [0.1, 0.15) is 84.1 Å². The average Bonchev–Trinajstić information content (AvgIpc) is 1.62. The van der Waals surface area contributed by atoms with Crippen LogP contribution in [-0.4, -0.2) is 196 Å². The molecule has 1 saturated carbocycles. The van der Waals surface area contributed by atoms with Crippen molar-refractivity contribution in [3.8, 4) is 0 Å². The third-order valence-corrected chi connectivity index (χ3v) is 25.8. The number of ketones is 2. The van der Waals surface area contributed by atoms with Crippen LogP contribution in [0.25, 0.3) is 22.3 Å². The van der Waals surface area contributed by atoms with E-state index in [-0.39, 0.29) is 97.4 Å². The van der Waals surface area contributed by atoms with Crippen LogP contribution in [0.1, 0.15) is 149 Å². The highest BCUT2D eigenvalue weighted by Crippen LogP contribution is 2.59. The molecule has 14 unspecified atom stereocenters. The summed E-state index contributed by atoms with van der Waals surface area (Å²) in [5.74, 6) is -3.44. The van der Waals surface area contributed by atoms with Crippen LogP contribution in [-0.2, 0) is 114 Å². The predicted molar refractivity (Wildman–Crippen MR) is 392 cm³/mol. The second-order valence-corrected chi connectivity index (χ2v) is 38.7. The number of carbonyl (C=O) groups is 6. The van der Waals surface area contributed by atoms with Crippen molar-refractivity contribution in [1.29, 1.82) is 0 Å². The second-order valence-electron chi connectivity index (χ2n) is 30.6. The molecule has 4 amide bonds. The predicted octanol–water partition coefficient (Wildman–Crippen LogP) is -2.99. The normalized spacial score (nSPS) is 22.3. The first-order valence-corrected chi connectivity index (χ1v) is 45.9. The number of aromatic nitrogens is 8. The molecule has 0 bridgehead atoms. The Bertz CT molecular complexity index is 4680. The molecule has 4 aromatic heterocycles. The number of rotatable bonds is 51. The number of nitrogens with two attached hydrogens (primary N) is 2. The average molecular weight is 1800 g/mol. The minimum Gasteiger partial charge on any atom is -0.790 e. The number of hydrogen-bond donors (Lipinski definition) is 10. The zero-order valence-corrected chi connectivity index (χ0v) is 70.5. The molecule has 54 heteroatoms. The number of anilines is 2. The van der Waals surface area contributed by atoms with Gasteiger partial charge < -0.3 is 138 Å². The number of unbranched alkanes of at least 4 members (excludes halogenated alkanes) is 3. The molecule has 0 spiro atoms. The number of carbonyl (C=O) groups excluding carboxylic acids is 6. The van der Waals surface area contributed by atoms with E-state index in [1.807, 2.05) is 13.8 Å². The van der Waals surface area contributed by atoms with Crippen molar-refractivity contribution >= 4 is 116 Å². The number of aliphatic hydroxyl groups excluding tert-OH is 4. The van der Waals surface area contributed by atoms with Crippen LogP contribution in [0.4, 0.5) is 11.6 Å². The van der Waals surface area contributed by atoms with Gasteiger partial charge in [-0.15, -0.1) is 0 Å². The van der Waals surface area contributed by atoms with Gasteiger partial charge in [-0.05, 0) is 62.5 Å². The number of hydrogen-bond acceptors (Lipinski definition) is 42. The second kappa shape index (κ2) is 41.0. The highest BCUT2D eigenvalue weighted by atomic mass is 31.3. The van der Waals surface area contributed by atoms with Crippen LogP contribution < -0.4 is 71.9 Å². The van der Waals surface area contributed by atoms with Gasteiger partial charge in [0.25, 0.3) is 31.3 Å². The number of amides is 4. The van der Waals surface area contributed by atoms with Gasteiger partial charge in [0, 0.05) is 73.5 Å². The Labute approximate surface area is 680 Å². The monoisotopic (exact) mass is 1800 g/mol. The van der Waals surface area contributed by atoms with E-state index in [1.165, 1.54) is 27.7 Å². The van der Waals surface area contributed by atoms with E-state index in [1.54, 1.807) is 0 Å². The van der Waals surface area contributed by atoms with E-state index in [4.69, 9.17) is 20.9 Å². The van der Waals surface area contributed by atoms with E-state index < -0.39 is 180 Å². The number of fused-ring (bicyclic) bond motifs is 2. The Morgan fingerprint density at radius 3 is 1.33 bits per heavy atom. The first-order chi connectivity index (χ1) is 55.3. The minimum absolute atomic E-state index is 0.00648. The maximum atomic E-state index is 13.3. The lowest BCUT2D eigenvalue weighted by Gasteiger charge is -2.36. The van der Waals surface area contributed by atoms with E-state index in [0.29, 0.717) is 12.8 Å². The number of benzene rings is 1. The van der Waals surface area contributed by atoms with Gasteiger partial charge in [-0.1, -0.05) is 85.1 Å². The molecule has 8 rings (SSSR count). The van der Waals surface area contributed by atoms with E-state index in [0.717, 1.165) is 103 Å². The molecule has 1 aliphatic carbocycles. The van der Waals surface area contributed by atoms with Crippen molar-refractivity contribution in [1.82, 2.24) is 60.3 Å². The molecule has 12 N–H and O–H groups in total. The number of ether oxygens (including phenoxy) is 2. The van der Waals surface area contributed by atoms with Crippen LogP contribution in [0, 0.1) is 21.7 Å². The van der Waals surface area contributed by atoms with Crippen molar-refractivity contribution in [2.75, 3.05) is 64.1 Å². The highest BCUT2D eigenvalue weighted by molar-refractivity contribution is 7.60. The third-order valence-electron chi connectivity index (χ3n) is 19.8. The Kier molecular flexibility index (Phi) is 33.8. The van der Waals surface area contributed by atoms with Crippen LogP contribution in [0.2, 0.25) is 0 Å². The number of imidazole rings is 2. The zero-order chi connectivity index (χ0) is 88.1. The van der Waals surface area contributed by atoms with Crippen molar-refractivity contribution in [3.63, 3.8) is 0 Å². The summed E-state index contributed by atoms with van der Waals surface area (Å²) in [6, 6.07) is 8.31. The first kappa shape index (κ1) is 98.1. The summed E-state index contributed by atoms with van der Waals surface area (Å²) in [6.45, 7) is 3.11. The summed E-state index contributed by atoms with van der Waals surface area (Å²) in [7, 11) is -35.6. The lowest BCUT2D eigenvalue weighted by molar-refractivity contribution is -0.348. The van der Waals surface area contributed by atoms with Crippen LogP contribution in [0.15, 0.2) is 49.6 Å². The van der Waals surface area contributed by atoms with Crippen LogP contribution in [0.5, 0.6) is 0 Å². The van der Waals surface area contributed by atoms with E-state index >= 15 is 0 Å². The standard InChI is InChI=1S/C65H102N14O34P6/c1-62(2,42(80)18-26-68-44(82)20-28-70-58(88)52(86)63(3,4)32-106-118(100,101)112-116(96,97)104-30-40-50(110-114(90,91)92)48(84)60(108-40)78-36-76-46-54(66)72-34-74-56(46)78)22-10-7-8-12-38-14-16-39(17-15-38)13-9-11-23-65(24-25-65)43(81)19-27-69-45(83)21-29-71-59(89)53(87)64(5,6)33-107-119(102,103)113-117(98,99)105-31-41-51(111-115(93,94)95)49(85)61(109-41)79-37-77-47-55(67)73-35-75-57(47)79/h14-17,34-37,40-41,48-53,60-61,84-87H,7-13,18-33H2,1-6H3,(H,68,82)(H,69,83)(H,70,88)(H,71,89)(H,96,97)(H,98,99)(H,100,101)(H,102,103)(H2,66,72,74)(H2,67,73,75)(H2,90,91,92)(H2,93,94,95)/p-8. The summed E-state index contributed by atoms with van der Waals surface area (Å²) >= 11 is 0. The fourth-order valence-corrected chi connectivity index (χ4v) is 18.2. The number of phosphoric ester groups is 6.